The predicted molar refractivity (Wildman–Crippen MR) is 116 cm³/mol. The number of rotatable bonds is 5. The van der Waals surface area contributed by atoms with Gasteiger partial charge in [0, 0.05) is 13.1 Å². The molecule has 10 nitrogen and oxygen atoms in total. The van der Waals surface area contributed by atoms with E-state index in [1.165, 1.54) is 0 Å². The Morgan fingerprint density at radius 1 is 1.28 bits per heavy atom. The van der Waals surface area contributed by atoms with E-state index in [-0.39, 0.29) is 19.2 Å². The van der Waals surface area contributed by atoms with Gasteiger partial charge >= 0.3 is 12.2 Å². The molecule has 2 amide bonds. The first-order valence-electron chi connectivity index (χ1n) is 10.7. The summed E-state index contributed by atoms with van der Waals surface area (Å²) in [5.74, 6) is 0. The summed E-state index contributed by atoms with van der Waals surface area (Å²) < 4.78 is 12.5. The van der Waals surface area contributed by atoms with Crippen LogP contribution in [-0.2, 0) is 16.1 Å². The first-order valence-corrected chi connectivity index (χ1v) is 10.7. The summed E-state index contributed by atoms with van der Waals surface area (Å²) in [7, 11) is 0. The predicted octanol–water partition coefficient (Wildman–Crippen LogP) is 2.81. The second-order valence-electron chi connectivity index (χ2n) is 8.89. The zero-order chi connectivity index (χ0) is 23.3. The van der Waals surface area contributed by atoms with Crippen LogP contribution in [-0.4, -0.2) is 61.9 Å². The summed E-state index contributed by atoms with van der Waals surface area (Å²) in [6, 6.07) is 8.69. The van der Waals surface area contributed by atoms with E-state index in [1.54, 1.807) is 43.5 Å². The molecule has 1 aromatic heterocycles. The highest BCUT2D eigenvalue weighted by molar-refractivity contribution is 5.70. The van der Waals surface area contributed by atoms with Crippen molar-refractivity contribution in [3.63, 3.8) is 0 Å². The first kappa shape index (κ1) is 23.5. The van der Waals surface area contributed by atoms with Crippen molar-refractivity contribution in [3.8, 4) is 0 Å². The number of benzene rings is 1. The Labute approximate surface area is 187 Å². The maximum absolute atomic E-state index is 12.7. The maximum atomic E-state index is 12.7. The van der Waals surface area contributed by atoms with Gasteiger partial charge in [-0.3, -0.25) is 0 Å². The topological polar surface area (TPSA) is 119 Å². The van der Waals surface area contributed by atoms with Crippen LogP contribution >= 0.6 is 0 Å². The molecule has 3 atom stereocenters. The second kappa shape index (κ2) is 9.99. The number of piperidine rings is 1. The average molecular weight is 446 g/mol. The molecule has 2 aromatic rings. The van der Waals surface area contributed by atoms with Gasteiger partial charge < -0.3 is 24.8 Å². The highest BCUT2D eigenvalue weighted by atomic mass is 16.6. The summed E-state index contributed by atoms with van der Waals surface area (Å²) in [4.78, 5) is 26.7. The maximum Gasteiger partial charge on any atom is 0.410 e. The van der Waals surface area contributed by atoms with Crippen LogP contribution in [0.15, 0.2) is 36.5 Å². The molecule has 0 saturated carbocycles. The summed E-state index contributed by atoms with van der Waals surface area (Å²) in [5.41, 5.74) is 0.674. The number of nitrogens with one attached hydrogen (secondary N) is 1. The van der Waals surface area contributed by atoms with Crippen molar-refractivity contribution in [3.05, 3.63) is 47.8 Å². The smallest absolute Gasteiger partial charge is 0.410 e. The third-order valence-corrected chi connectivity index (χ3v) is 5.04. The van der Waals surface area contributed by atoms with Crippen LogP contribution < -0.4 is 5.32 Å². The molecule has 32 heavy (non-hydrogen) atoms. The van der Waals surface area contributed by atoms with Crippen molar-refractivity contribution < 1.29 is 24.2 Å². The highest BCUT2D eigenvalue weighted by Gasteiger charge is 2.36. The van der Waals surface area contributed by atoms with Crippen molar-refractivity contribution in [2.75, 3.05) is 13.1 Å². The standard InChI is InChI=1S/C22H31N5O5/c1-15(28)17-13-27(25-24-17)19-10-11-26(12-18(19)23-20(29)32-22(2,3)4)21(30)31-14-16-8-6-5-7-9-16/h5-9,13,15,18-19,28H,10-12,14H2,1-4H3,(H,23,29)/t15?,18-,19-/m0/s1. The zero-order valence-electron chi connectivity index (χ0n) is 18.9. The van der Waals surface area contributed by atoms with Crippen LogP contribution in [0.25, 0.3) is 0 Å². The molecule has 1 fully saturated rings. The van der Waals surface area contributed by atoms with Crippen LogP contribution in [0, 0.1) is 0 Å². The molecule has 1 aromatic carbocycles. The lowest BCUT2D eigenvalue weighted by Gasteiger charge is -2.38. The lowest BCUT2D eigenvalue weighted by atomic mass is 9.99. The van der Waals surface area contributed by atoms with E-state index < -0.39 is 29.9 Å². The number of aliphatic hydroxyl groups is 1. The third kappa shape index (κ3) is 6.43. The minimum absolute atomic E-state index is 0.171. The number of carbonyl (C=O) groups excluding carboxylic acids is 2. The van der Waals surface area contributed by atoms with Crippen molar-refractivity contribution in [1.29, 1.82) is 0 Å². The fourth-order valence-corrected chi connectivity index (χ4v) is 3.48. The Balaban J connectivity index is 1.70. The number of aliphatic hydroxyl groups excluding tert-OH is 1. The Bertz CT molecular complexity index is 909. The molecular weight excluding hydrogens is 414 g/mol. The highest BCUT2D eigenvalue weighted by Crippen LogP contribution is 2.25. The number of amides is 2. The number of hydrogen-bond donors (Lipinski definition) is 2. The number of aromatic nitrogens is 3. The van der Waals surface area contributed by atoms with Crippen LogP contribution in [0.4, 0.5) is 9.59 Å². The van der Waals surface area contributed by atoms with Gasteiger partial charge in [0.2, 0.25) is 0 Å². The van der Waals surface area contributed by atoms with E-state index in [4.69, 9.17) is 9.47 Å². The van der Waals surface area contributed by atoms with Crippen LogP contribution in [0.5, 0.6) is 0 Å². The molecule has 10 heteroatoms. The second-order valence-corrected chi connectivity index (χ2v) is 8.89. The SMILES string of the molecule is CC(O)c1cn([C@H]2CCN(C(=O)OCc3ccccc3)C[C@@H]2NC(=O)OC(C)(C)C)nn1. The first-order chi connectivity index (χ1) is 15.1. The van der Waals surface area contributed by atoms with Crippen LogP contribution in [0.2, 0.25) is 0 Å². The third-order valence-electron chi connectivity index (χ3n) is 5.04. The molecular formula is C22H31N5O5. The number of ether oxygens (including phenoxy) is 2. The van der Waals surface area contributed by atoms with Crippen molar-refractivity contribution >= 4 is 12.2 Å². The fourth-order valence-electron chi connectivity index (χ4n) is 3.48. The van der Waals surface area contributed by atoms with E-state index in [1.807, 2.05) is 30.3 Å². The quantitative estimate of drug-likeness (QED) is 0.726. The Hall–Kier alpha value is -3.14. The number of hydrogen-bond acceptors (Lipinski definition) is 7. The molecule has 1 aliphatic rings. The molecule has 1 saturated heterocycles. The van der Waals surface area contributed by atoms with Crippen molar-refractivity contribution in [1.82, 2.24) is 25.2 Å². The lowest BCUT2D eigenvalue weighted by molar-refractivity contribution is 0.0393. The molecule has 0 aliphatic carbocycles. The fraction of sp³-hybridized carbons (Fsp3) is 0.545. The normalized spacial score (nSPS) is 19.8. The van der Waals surface area contributed by atoms with Crippen LogP contribution in [0.1, 0.15) is 57.5 Å². The molecule has 3 rings (SSSR count). The van der Waals surface area contributed by atoms with Gasteiger partial charge in [0.1, 0.15) is 17.9 Å². The molecule has 0 spiro atoms. The zero-order valence-corrected chi connectivity index (χ0v) is 18.9. The number of likely N-dealkylation sites (tertiary alicyclic amines) is 1. The van der Waals surface area contributed by atoms with Crippen LogP contribution in [0.3, 0.4) is 0 Å². The van der Waals surface area contributed by atoms with Crippen molar-refractivity contribution in [2.45, 2.75) is 64.5 Å². The van der Waals surface area contributed by atoms with Gasteiger partial charge in [0.05, 0.1) is 24.4 Å². The van der Waals surface area contributed by atoms with Gasteiger partial charge in [-0.1, -0.05) is 35.5 Å². The Morgan fingerprint density at radius 3 is 2.62 bits per heavy atom. The molecule has 0 bridgehead atoms. The van der Waals surface area contributed by atoms with E-state index in [0.717, 1.165) is 5.56 Å². The minimum Gasteiger partial charge on any atom is -0.445 e. The Kier molecular flexibility index (Phi) is 7.34. The van der Waals surface area contributed by atoms with Gasteiger partial charge in [-0.05, 0) is 39.7 Å². The summed E-state index contributed by atoms with van der Waals surface area (Å²) in [6.45, 7) is 7.77. The van der Waals surface area contributed by atoms with Gasteiger partial charge in [-0.25, -0.2) is 14.3 Å². The minimum atomic E-state index is -0.755. The average Bonchev–Trinajstić information content (AvgIpc) is 3.21. The lowest BCUT2D eigenvalue weighted by Crippen LogP contribution is -2.55. The van der Waals surface area contributed by atoms with E-state index in [9.17, 15) is 14.7 Å². The van der Waals surface area contributed by atoms with Gasteiger partial charge in [-0.15, -0.1) is 5.10 Å². The number of nitrogens with zero attached hydrogens (tertiary/aromatic N) is 4. The summed E-state index contributed by atoms with van der Waals surface area (Å²) in [5, 5.41) is 20.7. The van der Waals surface area contributed by atoms with E-state index >= 15 is 0 Å². The van der Waals surface area contributed by atoms with Gasteiger partial charge in [0.15, 0.2) is 0 Å². The summed E-state index contributed by atoms with van der Waals surface area (Å²) >= 11 is 0. The van der Waals surface area contributed by atoms with Gasteiger partial charge in [-0.2, -0.15) is 0 Å². The molecule has 1 aliphatic heterocycles. The number of alkyl carbamates (subject to hydrolysis) is 1. The Morgan fingerprint density at radius 2 is 2.00 bits per heavy atom. The largest absolute Gasteiger partial charge is 0.445 e. The molecule has 2 N–H and O–H groups in total. The molecule has 174 valence electrons. The van der Waals surface area contributed by atoms with Gasteiger partial charge in [0.25, 0.3) is 0 Å². The van der Waals surface area contributed by atoms with Crippen molar-refractivity contribution in [2.24, 2.45) is 0 Å². The molecule has 2 heterocycles. The van der Waals surface area contributed by atoms with E-state index in [0.29, 0.717) is 18.7 Å². The molecule has 1 unspecified atom stereocenters. The molecule has 0 radical (unpaired) electrons. The summed E-state index contributed by atoms with van der Waals surface area (Å²) in [6.07, 6.45) is 0.384. The monoisotopic (exact) mass is 445 g/mol. The van der Waals surface area contributed by atoms with E-state index in [2.05, 4.69) is 15.6 Å². The number of carbonyl (C=O) groups is 2.